The summed E-state index contributed by atoms with van der Waals surface area (Å²) in [5.41, 5.74) is 0.414. The Balaban J connectivity index is 2.45. The molecule has 0 atom stereocenters. The highest BCUT2D eigenvalue weighted by Crippen LogP contribution is 2.14. The van der Waals surface area contributed by atoms with Gasteiger partial charge in [-0.2, -0.15) is 0 Å². The second-order valence-corrected chi connectivity index (χ2v) is 6.28. The van der Waals surface area contributed by atoms with Gasteiger partial charge in [0.25, 0.3) is 0 Å². The fourth-order valence-corrected chi connectivity index (χ4v) is 2.84. The summed E-state index contributed by atoms with van der Waals surface area (Å²) in [4.78, 5) is 0. The van der Waals surface area contributed by atoms with Crippen molar-refractivity contribution in [3.05, 3.63) is 0 Å². The predicted molar refractivity (Wildman–Crippen MR) is 46.2 cm³/mol. The van der Waals surface area contributed by atoms with Crippen LogP contribution in [-0.4, -0.2) is 49.1 Å². The van der Waals surface area contributed by atoms with Gasteiger partial charge in [-0.15, -0.1) is 0 Å². The van der Waals surface area contributed by atoms with Crippen LogP contribution >= 0.6 is 0 Å². The molecule has 0 N–H and O–H groups in total. The fraction of sp³-hybridized carbons (Fsp3) is 1.00. The highest BCUT2D eigenvalue weighted by atomic mass is 27.1. The molecule has 0 spiro atoms. The largest absolute Gasteiger partial charge is 0.463 e. The van der Waals surface area contributed by atoms with E-state index in [-0.39, 0.29) is 15.7 Å². The normalized spacial score (nSPS) is 23.2. The third-order valence-corrected chi connectivity index (χ3v) is 4.52. The molecule has 0 aromatic rings. The lowest BCUT2D eigenvalue weighted by atomic mass is 10.1. The summed E-state index contributed by atoms with van der Waals surface area (Å²) in [7, 11) is 2.23. The van der Waals surface area contributed by atoms with Crippen LogP contribution in [0.3, 0.4) is 0 Å². The van der Waals surface area contributed by atoms with Crippen molar-refractivity contribution in [3.8, 4) is 0 Å². The van der Waals surface area contributed by atoms with Crippen molar-refractivity contribution in [1.29, 1.82) is 0 Å². The standard InChI is InChI=1S/C7H16N2.Al.H/c1-7(2,3)9-6-5-8-4;;/h5-6H2,1-4H3;;/q-2;+2;. The Bertz CT molecular complexity index is 119. The van der Waals surface area contributed by atoms with Gasteiger partial charge in [-0.25, -0.2) is 0 Å². The summed E-state index contributed by atoms with van der Waals surface area (Å²) in [5.74, 6) is 0. The quantitative estimate of drug-likeness (QED) is 0.465. The first kappa shape index (κ1) is 8.55. The lowest BCUT2D eigenvalue weighted by Gasteiger charge is -2.31. The highest BCUT2D eigenvalue weighted by Gasteiger charge is 2.28. The zero-order valence-electron chi connectivity index (χ0n) is 7.52. The zero-order valence-corrected chi connectivity index (χ0v) is 8.93. The molecule has 0 radical (unpaired) electrons. The summed E-state index contributed by atoms with van der Waals surface area (Å²) >= 11 is -0.0559. The molecule has 1 fully saturated rings. The first-order chi connectivity index (χ1) is 4.50. The lowest BCUT2D eigenvalue weighted by molar-refractivity contribution is 0.276. The SMILES string of the molecule is C[N]1CC[N](C(C)(C)C)[AlH]1. The maximum absolute atomic E-state index is 2.63. The van der Waals surface area contributed by atoms with Crippen molar-refractivity contribution in [2.45, 2.75) is 26.3 Å². The predicted octanol–water partition coefficient (Wildman–Crippen LogP) is 0.299. The van der Waals surface area contributed by atoms with E-state index < -0.39 is 0 Å². The Labute approximate surface area is 70.3 Å². The number of nitrogens with zero attached hydrogens (tertiary/aromatic N) is 2. The van der Waals surface area contributed by atoms with Gasteiger partial charge in [-0.3, -0.25) is 0 Å². The summed E-state index contributed by atoms with van der Waals surface area (Å²) in [5, 5.41) is 0. The number of hydrogen-bond acceptors (Lipinski definition) is 2. The third-order valence-electron chi connectivity index (χ3n) is 2.11. The zero-order chi connectivity index (χ0) is 7.78. The number of rotatable bonds is 0. The molecule has 58 valence electrons. The van der Waals surface area contributed by atoms with Crippen molar-refractivity contribution < 1.29 is 0 Å². The van der Waals surface area contributed by atoms with Crippen LogP contribution in [0.25, 0.3) is 0 Å². The molecule has 0 aliphatic carbocycles. The van der Waals surface area contributed by atoms with E-state index in [2.05, 4.69) is 35.6 Å². The average Bonchev–Trinajstić information content (AvgIpc) is 2.11. The molecule has 2 nitrogen and oxygen atoms in total. The molecule has 1 aliphatic rings. The van der Waals surface area contributed by atoms with Crippen molar-refractivity contribution in [3.63, 3.8) is 0 Å². The van der Waals surface area contributed by atoms with Crippen LogP contribution in [0.5, 0.6) is 0 Å². The molecule has 0 unspecified atom stereocenters. The second-order valence-electron chi connectivity index (χ2n) is 4.16. The van der Waals surface area contributed by atoms with Crippen LogP contribution in [-0.2, 0) is 0 Å². The van der Waals surface area contributed by atoms with Gasteiger partial charge in [0.1, 0.15) is 0 Å². The molecular formula is C7H17AlN2. The second kappa shape index (κ2) is 2.83. The van der Waals surface area contributed by atoms with Gasteiger partial charge in [0, 0.05) is 0 Å². The summed E-state index contributed by atoms with van der Waals surface area (Å²) in [6.45, 7) is 9.48. The summed E-state index contributed by atoms with van der Waals surface area (Å²) < 4.78 is 5.12. The lowest BCUT2D eigenvalue weighted by Crippen LogP contribution is -2.42. The van der Waals surface area contributed by atoms with Crippen LogP contribution in [0.15, 0.2) is 0 Å². The molecule has 10 heavy (non-hydrogen) atoms. The minimum atomic E-state index is -0.0559. The van der Waals surface area contributed by atoms with Crippen molar-refractivity contribution in [2.24, 2.45) is 0 Å². The minimum absolute atomic E-state index is 0.0559. The van der Waals surface area contributed by atoms with Crippen molar-refractivity contribution >= 4 is 15.7 Å². The molecule has 1 heterocycles. The van der Waals surface area contributed by atoms with Crippen LogP contribution < -0.4 is 0 Å². The monoisotopic (exact) mass is 156 g/mol. The first-order valence-electron chi connectivity index (χ1n) is 3.94. The average molecular weight is 156 g/mol. The maximum atomic E-state index is 2.63. The van der Waals surface area contributed by atoms with Crippen molar-refractivity contribution in [2.75, 3.05) is 20.1 Å². The van der Waals surface area contributed by atoms with Crippen LogP contribution in [0.2, 0.25) is 0 Å². The number of likely N-dealkylation sites (N-methyl/N-ethyl adjacent to an activating group) is 1. The van der Waals surface area contributed by atoms with E-state index in [1.165, 1.54) is 13.1 Å². The first-order valence-corrected chi connectivity index (χ1v) is 5.20. The van der Waals surface area contributed by atoms with E-state index in [0.717, 1.165) is 0 Å². The van der Waals surface area contributed by atoms with Crippen molar-refractivity contribution in [1.82, 2.24) is 7.77 Å². The van der Waals surface area contributed by atoms with E-state index in [1.54, 1.807) is 0 Å². The van der Waals surface area contributed by atoms with E-state index >= 15 is 0 Å². The van der Waals surface area contributed by atoms with Gasteiger partial charge < -0.3 is 7.77 Å². The van der Waals surface area contributed by atoms with E-state index in [1.807, 2.05) is 0 Å². The van der Waals surface area contributed by atoms with E-state index in [0.29, 0.717) is 5.54 Å². The van der Waals surface area contributed by atoms with Gasteiger partial charge in [-0.05, 0) is 46.4 Å². The molecule has 0 bridgehead atoms. The van der Waals surface area contributed by atoms with Crippen LogP contribution in [0.1, 0.15) is 20.8 Å². The fourth-order valence-electron chi connectivity index (χ4n) is 1.27. The van der Waals surface area contributed by atoms with E-state index in [4.69, 9.17) is 0 Å². The minimum Gasteiger partial charge on any atom is -0.376 e. The molecule has 1 saturated heterocycles. The van der Waals surface area contributed by atoms with Gasteiger partial charge >= 0.3 is 15.7 Å². The van der Waals surface area contributed by atoms with Gasteiger partial charge in [0.2, 0.25) is 0 Å². The smallest absolute Gasteiger partial charge is 0.376 e. The van der Waals surface area contributed by atoms with E-state index in [9.17, 15) is 0 Å². The molecule has 0 amide bonds. The maximum Gasteiger partial charge on any atom is 0.463 e. The van der Waals surface area contributed by atoms with Gasteiger partial charge in [-0.1, -0.05) is 0 Å². The molecule has 0 aromatic heterocycles. The number of hydrogen-bond donors (Lipinski definition) is 0. The third kappa shape index (κ3) is 1.97. The Kier molecular flexibility index (Phi) is 2.42. The summed E-state index contributed by atoms with van der Waals surface area (Å²) in [6, 6.07) is 0. The Morgan fingerprint density at radius 2 is 1.80 bits per heavy atom. The molecule has 0 saturated carbocycles. The van der Waals surface area contributed by atoms with Gasteiger partial charge in [0.15, 0.2) is 0 Å². The van der Waals surface area contributed by atoms with Crippen LogP contribution in [0.4, 0.5) is 0 Å². The molecule has 3 heteroatoms. The molecule has 0 aromatic carbocycles. The molecule has 1 rings (SSSR count). The van der Waals surface area contributed by atoms with Gasteiger partial charge in [0.05, 0.1) is 0 Å². The van der Waals surface area contributed by atoms with Crippen LogP contribution in [0, 0.1) is 0 Å². The molecule has 1 aliphatic heterocycles. The Hall–Kier alpha value is 0.452. The Morgan fingerprint density at radius 3 is 2.00 bits per heavy atom. The molecular weight excluding hydrogens is 139 g/mol. The summed E-state index contributed by atoms with van der Waals surface area (Å²) in [6.07, 6.45) is 0. The Morgan fingerprint density at radius 1 is 1.20 bits per heavy atom. The topological polar surface area (TPSA) is 6.48 Å². The highest BCUT2D eigenvalue weighted by molar-refractivity contribution is 6.29.